The highest BCUT2D eigenvalue weighted by molar-refractivity contribution is 7.47. The number of rotatable bonds is 44. The monoisotopic (exact) mass is 1130 g/mol. The minimum absolute atomic E-state index is 0.0174. The lowest BCUT2D eigenvalue weighted by atomic mass is 9.85. The quantitative estimate of drug-likeness (QED) is 0.0119. The lowest BCUT2D eigenvalue weighted by Crippen LogP contribution is -2.65. The van der Waals surface area contributed by atoms with Crippen molar-refractivity contribution in [2.75, 3.05) is 13.2 Å². The van der Waals surface area contributed by atoms with Gasteiger partial charge in [0.05, 0.1) is 6.61 Å². The molecule has 0 bridgehead atoms. The van der Waals surface area contributed by atoms with Crippen LogP contribution in [0.4, 0.5) is 0 Å². The van der Waals surface area contributed by atoms with Gasteiger partial charge in [0, 0.05) is 12.8 Å². The molecule has 9 N–H and O–H groups in total. The first-order valence-corrected chi connectivity index (χ1v) is 31.8. The zero-order chi connectivity index (χ0) is 54.6. The van der Waals surface area contributed by atoms with Gasteiger partial charge in [-0.05, 0) is 70.6 Å². The molecule has 0 aromatic rings. The molecular formula is C47H86O22P4. The molecule has 8 atom stereocenters. The Morgan fingerprint density at radius 2 is 0.808 bits per heavy atom. The van der Waals surface area contributed by atoms with Crippen LogP contribution in [0.1, 0.15) is 181 Å². The second-order valence-corrected chi connectivity index (χ2v) is 22.9. The fraction of sp³-hybridized carbons (Fsp3) is 0.787. The largest absolute Gasteiger partial charge is 0.472 e. The Kier molecular flexibility index (Phi) is 37.6. The molecule has 1 aliphatic carbocycles. The molecular weight excluding hydrogens is 1040 g/mol. The lowest BCUT2D eigenvalue weighted by molar-refractivity contribution is -0.209. The second-order valence-electron chi connectivity index (χ2n) is 18.0. The smallest absolute Gasteiger partial charge is 0.462 e. The molecule has 0 aliphatic heterocycles. The molecule has 426 valence electrons. The Labute approximate surface area is 431 Å². The van der Waals surface area contributed by atoms with Gasteiger partial charge in [0.15, 0.2) is 6.10 Å². The van der Waals surface area contributed by atoms with Crippen LogP contribution in [-0.4, -0.2) is 112 Å². The highest BCUT2D eigenvalue weighted by Crippen LogP contribution is 2.53. The number of ether oxygens (including phenoxy) is 2. The zero-order valence-corrected chi connectivity index (χ0v) is 46.2. The summed E-state index contributed by atoms with van der Waals surface area (Å²) in [6, 6.07) is 0. The number of carbonyl (C=O) groups is 2. The van der Waals surface area contributed by atoms with Crippen LogP contribution in [0.3, 0.4) is 0 Å². The summed E-state index contributed by atoms with van der Waals surface area (Å²) >= 11 is 0. The minimum atomic E-state index is -5.80. The van der Waals surface area contributed by atoms with Crippen molar-refractivity contribution in [3.8, 4) is 0 Å². The lowest BCUT2D eigenvalue weighted by Gasteiger charge is -2.45. The number of hydrogen-bond acceptors (Lipinski definition) is 15. The first-order chi connectivity index (χ1) is 34.5. The molecule has 6 unspecified atom stereocenters. The van der Waals surface area contributed by atoms with Gasteiger partial charge < -0.3 is 53.9 Å². The second kappa shape index (κ2) is 39.6. The Morgan fingerprint density at radius 3 is 1.27 bits per heavy atom. The third kappa shape index (κ3) is 37.6. The number of aliphatic hydroxyl groups excluding tert-OH is 2. The first kappa shape index (κ1) is 69.3. The van der Waals surface area contributed by atoms with Crippen molar-refractivity contribution in [2.24, 2.45) is 0 Å². The number of allylic oxidation sites excluding steroid dienone is 8. The molecule has 1 saturated carbocycles. The Hall–Kier alpha value is -1.74. The van der Waals surface area contributed by atoms with Crippen LogP contribution < -0.4 is 0 Å². The van der Waals surface area contributed by atoms with Crippen molar-refractivity contribution >= 4 is 43.2 Å². The Balaban J connectivity index is 2.91. The molecule has 1 fully saturated rings. The number of unbranched alkanes of at least 4 members (excludes halogenated alkanes) is 18. The Morgan fingerprint density at radius 1 is 0.438 bits per heavy atom. The number of phosphoric acid groups is 4. The van der Waals surface area contributed by atoms with Crippen LogP contribution in [-0.2, 0) is 59.9 Å². The topological polar surface area (TPSA) is 349 Å². The van der Waals surface area contributed by atoms with E-state index in [1.54, 1.807) is 0 Å². The number of aliphatic hydroxyl groups is 2. The average Bonchev–Trinajstić information content (AvgIpc) is 3.30. The maximum atomic E-state index is 13.3. The number of phosphoric ester groups is 4. The molecule has 0 heterocycles. The van der Waals surface area contributed by atoms with Crippen molar-refractivity contribution in [2.45, 2.75) is 224 Å². The number of hydrogen-bond donors (Lipinski definition) is 9. The van der Waals surface area contributed by atoms with Crippen molar-refractivity contribution in [3.63, 3.8) is 0 Å². The van der Waals surface area contributed by atoms with Crippen LogP contribution in [0.2, 0.25) is 0 Å². The van der Waals surface area contributed by atoms with Gasteiger partial charge in [-0.2, -0.15) is 0 Å². The SMILES string of the molecule is CCCCCC/C=C\CCCCCCCCCC(=O)OC[C@H](COP(=O)(O)OC1C(O)C(OP(=O)(O)O)C(OP(=O)(O)O)[C@@H](OP(=O)(O)O)C1O)OC(=O)CCC/C=C\C/C=C\C/C=C\CCCCCCCC. The summed E-state index contributed by atoms with van der Waals surface area (Å²) in [6.45, 7) is 2.70. The van der Waals surface area contributed by atoms with Crippen LogP contribution in [0, 0.1) is 0 Å². The van der Waals surface area contributed by atoms with Crippen molar-refractivity contribution in [1.82, 2.24) is 0 Å². The predicted octanol–water partition coefficient (Wildman–Crippen LogP) is 9.52. The van der Waals surface area contributed by atoms with Crippen molar-refractivity contribution in [1.29, 1.82) is 0 Å². The van der Waals surface area contributed by atoms with E-state index in [-0.39, 0.29) is 12.8 Å². The van der Waals surface area contributed by atoms with Crippen LogP contribution in [0.5, 0.6) is 0 Å². The molecule has 0 aromatic heterocycles. The predicted molar refractivity (Wildman–Crippen MR) is 272 cm³/mol. The fourth-order valence-electron chi connectivity index (χ4n) is 7.62. The molecule has 0 saturated heterocycles. The fourth-order valence-corrected chi connectivity index (χ4v) is 10.3. The molecule has 0 radical (unpaired) electrons. The van der Waals surface area contributed by atoms with E-state index in [1.165, 1.54) is 64.2 Å². The molecule has 0 spiro atoms. The first-order valence-electron chi connectivity index (χ1n) is 25.7. The summed E-state index contributed by atoms with van der Waals surface area (Å²) in [7, 11) is -23.1. The van der Waals surface area contributed by atoms with E-state index in [9.17, 15) is 72.3 Å². The zero-order valence-electron chi connectivity index (χ0n) is 42.6. The van der Waals surface area contributed by atoms with Crippen LogP contribution in [0.25, 0.3) is 0 Å². The maximum absolute atomic E-state index is 13.3. The highest BCUT2D eigenvalue weighted by atomic mass is 31.2. The van der Waals surface area contributed by atoms with Gasteiger partial charge in [0.25, 0.3) is 0 Å². The summed E-state index contributed by atoms with van der Waals surface area (Å²) in [5.74, 6) is -1.47. The number of carbonyl (C=O) groups excluding carboxylic acids is 2. The van der Waals surface area contributed by atoms with E-state index in [1.807, 2.05) is 18.2 Å². The van der Waals surface area contributed by atoms with Crippen LogP contribution in [0.15, 0.2) is 48.6 Å². The molecule has 0 amide bonds. The third-order valence-electron chi connectivity index (χ3n) is 11.3. The summed E-state index contributed by atoms with van der Waals surface area (Å²) in [5, 5.41) is 21.9. The normalized spacial score (nSPS) is 21.4. The van der Waals surface area contributed by atoms with Crippen molar-refractivity contribution < 1.29 is 104 Å². The van der Waals surface area contributed by atoms with E-state index < -0.39 is 99.2 Å². The van der Waals surface area contributed by atoms with Gasteiger partial charge >= 0.3 is 43.2 Å². The van der Waals surface area contributed by atoms with Gasteiger partial charge in [-0.1, -0.05) is 146 Å². The summed E-state index contributed by atoms with van der Waals surface area (Å²) in [6.07, 6.45) is 23.2. The molecule has 73 heavy (non-hydrogen) atoms. The maximum Gasteiger partial charge on any atom is 0.472 e. The molecule has 26 heteroatoms. The van der Waals surface area contributed by atoms with Crippen molar-refractivity contribution in [3.05, 3.63) is 48.6 Å². The molecule has 0 aromatic carbocycles. The standard InChI is InChI=1S/C47H86O22P4/c1-3-5-7-9-11-13-15-17-19-20-22-24-26-28-30-32-34-36-41(49)65-39(37-63-40(48)35-33-31-29-27-25-23-21-18-16-14-12-10-8-6-4-2)38-64-73(61,62)69-44-42(50)45(66-70(52,53)54)47(68-72(58,59)60)46(43(44)51)67-71(55,56)57/h14,16-17,19,22,24,28,30,39,42-47,50-51H,3-13,15,18,20-21,23,25-27,29,31-38H2,1-2H3,(H,61,62)(H2,52,53,54)(H2,55,56,57)(H2,58,59,60)/b16-14-,19-17-,24-22-,30-28-/t39-,42?,43?,44?,45+,46?,47?/m1/s1. The van der Waals surface area contributed by atoms with E-state index in [0.717, 1.165) is 64.2 Å². The Bertz CT molecular complexity index is 1770. The van der Waals surface area contributed by atoms with Gasteiger partial charge in [0.2, 0.25) is 0 Å². The summed E-state index contributed by atoms with van der Waals surface area (Å²) < 4.78 is 82.2. The molecule has 22 nitrogen and oxygen atoms in total. The van der Waals surface area contributed by atoms with E-state index in [0.29, 0.717) is 25.7 Å². The van der Waals surface area contributed by atoms with Crippen LogP contribution >= 0.6 is 31.3 Å². The van der Waals surface area contributed by atoms with E-state index >= 15 is 0 Å². The summed E-state index contributed by atoms with van der Waals surface area (Å²) in [4.78, 5) is 93.0. The van der Waals surface area contributed by atoms with Gasteiger partial charge in [-0.3, -0.25) is 32.2 Å². The van der Waals surface area contributed by atoms with Gasteiger partial charge in [-0.25, -0.2) is 18.3 Å². The third-order valence-corrected chi connectivity index (χ3v) is 13.9. The molecule has 1 rings (SSSR count). The average molecular weight is 1130 g/mol. The minimum Gasteiger partial charge on any atom is -0.462 e. The highest BCUT2D eigenvalue weighted by Gasteiger charge is 2.59. The summed E-state index contributed by atoms with van der Waals surface area (Å²) in [5.41, 5.74) is 0. The van der Waals surface area contributed by atoms with Gasteiger partial charge in [-0.15, -0.1) is 0 Å². The van der Waals surface area contributed by atoms with Gasteiger partial charge in [0.1, 0.15) is 43.2 Å². The van der Waals surface area contributed by atoms with E-state index in [2.05, 4.69) is 57.8 Å². The number of esters is 2. The van der Waals surface area contributed by atoms with E-state index in [4.69, 9.17) is 18.5 Å². The molecule has 1 aliphatic rings.